The van der Waals surface area contributed by atoms with Gasteiger partial charge >= 0.3 is 0 Å². The van der Waals surface area contributed by atoms with E-state index in [9.17, 15) is 0 Å². The van der Waals surface area contributed by atoms with Gasteiger partial charge in [0.15, 0.2) is 0 Å². The second kappa shape index (κ2) is 1.75. The van der Waals surface area contributed by atoms with Crippen molar-refractivity contribution < 1.29 is 0 Å². The zero-order chi connectivity index (χ0) is 6.20. The normalized spacial score (nSPS) is 21.4. The number of hydrogen-bond acceptors (Lipinski definition) is 0. The van der Waals surface area contributed by atoms with E-state index in [1.807, 2.05) is 0 Å². The predicted octanol–water partition coefficient (Wildman–Crippen LogP) is 2.65. The maximum atomic E-state index is 2.39. The summed E-state index contributed by atoms with van der Waals surface area (Å²) in [6.07, 6.45) is 5.15. The highest BCUT2D eigenvalue weighted by atomic mass is 14.3. The van der Waals surface area contributed by atoms with Gasteiger partial charge < -0.3 is 0 Å². The lowest BCUT2D eigenvalue weighted by Gasteiger charge is -2.16. The fraction of sp³-hybridized carbons (Fsp3) is 0.875. The second-order valence-corrected chi connectivity index (χ2v) is 4.00. The fourth-order valence-electron chi connectivity index (χ4n) is 1.05. The Bertz CT molecular complexity index is 72.5. The molecule has 1 aliphatic rings. The molecule has 0 N–H and O–H groups in total. The second-order valence-electron chi connectivity index (χ2n) is 4.00. The van der Waals surface area contributed by atoms with Crippen LogP contribution in [0.25, 0.3) is 0 Å². The van der Waals surface area contributed by atoms with Crippen LogP contribution in [0.2, 0.25) is 0 Å². The first-order valence-electron chi connectivity index (χ1n) is 3.41. The van der Waals surface area contributed by atoms with Gasteiger partial charge in [-0.15, -0.1) is 0 Å². The van der Waals surface area contributed by atoms with E-state index in [1.54, 1.807) is 0 Å². The molecule has 1 atom stereocenters. The zero-order valence-electron chi connectivity index (χ0n) is 6.07. The van der Waals surface area contributed by atoms with Gasteiger partial charge in [0.1, 0.15) is 0 Å². The van der Waals surface area contributed by atoms with Crippen LogP contribution in [0.1, 0.15) is 33.6 Å². The van der Waals surface area contributed by atoms with E-state index in [4.69, 9.17) is 0 Å². The van der Waals surface area contributed by atoms with Gasteiger partial charge in [-0.25, -0.2) is 0 Å². The quantitative estimate of drug-likeness (QED) is 0.488. The van der Waals surface area contributed by atoms with Gasteiger partial charge in [0, 0.05) is 0 Å². The van der Waals surface area contributed by atoms with Crippen LogP contribution >= 0.6 is 0 Å². The Morgan fingerprint density at radius 3 is 2.12 bits per heavy atom. The van der Waals surface area contributed by atoms with Crippen molar-refractivity contribution in [1.29, 1.82) is 0 Å². The van der Waals surface area contributed by atoms with E-state index in [2.05, 4.69) is 27.2 Å². The van der Waals surface area contributed by atoms with E-state index in [1.165, 1.54) is 12.8 Å². The Kier molecular flexibility index (Phi) is 1.34. The van der Waals surface area contributed by atoms with Crippen molar-refractivity contribution >= 4 is 0 Å². The molecule has 47 valence electrons. The van der Waals surface area contributed by atoms with Crippen molar-refractivity contribution in [1.82, 2.24) is 0 Å². The Morgan fingerprint density at radius 1 is 1.50 bits per heavy atom. The maximum Gasteiger partial charge on any atom is -0.0352 e. The lowest BCUT2D eigenvalue weighted by atomic mass is 9.90. The summed E-state index contributed by atoms with van der Waals surface area (Å²) in [5.74, 6) is 0.968. The van der Waals surface area contributed by atoms with Gasteiger partial charge in [-0.2, -0.15) is 0 Å². The molecule has 0 saturated heterocycles. The van der Waals surface area contributed by atoms with Crippen LogP contribution in [0.4, 0.5) is 0 Å². The lowest BCUT2D eigenvalue weighted by Crippen LogP contribution is -2.04. The molecule has 0 heteroatoms. The molecule has 1 aliphatic carbocycles. The number of rotatable bonds is 1. The summed E-state index contributed by atoms with van der Waals surface area (Å²) in [6, 6.07) is 0. The van der Waals surface area contributed by atoms with E-state index in [-0.39, 0.29) is 0 Å². The molecular weight excluding hydrogens is 96.1 g/mol. The molecule has 0 amide bonds. The van der Waals surface area contributed by atoms with E-state index < -0.39 is 0 Å². The average Bonchev–Trinajstić information content (AvgIpc) is 2.12. The van der Waals surface area contributed by atoms with Gasteiger partial charge in [0.2, 0.25) is 0 Å². The van der Waals surface area contributed by atoms with Gasteiger partial charge in [-0.1, -0.05) is 20.8 Å². The Hall–Kier alpha value is 0. The van der Waals surface area contributed by atoms with E-state index in [0.29, 0.717) is 5.41 Å². The molecular formula is C8H15. The average molecular weight is 111 g/mol. The van der Waals surface area contributed by atoms with Crippen molar-refractivity contribution in [3.63, 3.8) is 0 Å². The van der Waals surface area contributed by atoms with E-state index in [0.717, 1.165) is 5.92 Å². The van der Waals surface area contributed by atoms with Gasteiger partial charge in [-0.05, 0) is 30.6 Å². The summed E-state index contributed by atoms with van der Waals surface area (Å²) in [6.45, 7) is 6.91. The maximum absolute atomic E-state index is 2.39. The van der Waals surface area contributed by atoms with Gasteiger partial charge in [-0.3, -0.25) is 0 Å². The molecule has 0 aromatic rings. The van der Waals surface area contributed by atoms with Crippen LogP contribution in [0.5, 0.6) is 0 Å². The van der Waals surface area contributed by atoms with Crippen LogP contribution in [0.3, 0.4) is 0 Å². The Labute approximate surface area is 52.3 Å². The Balaban J connectivity index is 2.16. The topological polar surface area (TPSA) is 0 Å². The van der Waals surface area contributed by atoms with Crippen LogP contribution in [-0.2, 0) is 0 Å². The highest BCUT2D eigenvalue weighted by Gasteiger charge is 2.26. The highest BCUT2D eigenvalue weighted by molar-refractivity contribution is 4.96. The molecule has 1 unspecified atom stereocenters. The molecule has 1 fully saturated rings. The summed E-state index contributed by atoms with van der Waals surface area (Å²) in [5.41, 5.74) is 0.553. The SMILES string of the molecule is CC(C)(C)CC1[CH]C1. The monoisotopic (exact) mass is 111 g/mol. The summed E-state index contributed by atoms with van der Waals surface area (Å²) in [5, 5.41) is 0. The molecule has 0 heterocycles. The summed E-state index contributed by atoms with van der Waals surface area (Å²) in [7, 11) is 0. The zero-order valence-corrected chi connectivity index (χ0v) is 6.07. The minimum Gasteiger partial charge on any atom is -0.0602 e. The smallest absolute Gasteiger partial charge is 0.0352 e. The molecule has 8 heavy (non-hydrogen) atoms. The highest BCUT2D eigenvalue weighted by Crippen LogP contribution is 2.38. The van der Waals surface area contributed by atoms with Crippen LogP contribution < -0.4 is 0 Å². The molecule has 0 bridgehead atoms. The minimum atomic E-state index is 0.553. The third kappa shape index (κ3) is 2.34. The third-order valence-electron chi connectivity index (χ3n) is 1.44. The predicted molar refractivity (Wildman–Crippen MR) is 36.5 cm³/mol. The third-order valence-corrected chi connectivity index (χ3v) is 1.44. The molecule has 0 aromatic carbocycles. The van der Waals surface area contributed by atoms with Gasteiger partial charge in [0.25, 0.3) is 0 Å². The summed E-state index contributed by atoms with van der Waals surface area (Å²) in [4.78, 5) is 0. The van der Waals surface area contributed by atoms with E-state index >= 15 is 0 Å². The molecule has 0 nitrogen and oxygen atoms in total. The largest absolute Gasteiger partial charge is 0.0602 e. The van der Waals surface area contributed by atoms with Crippen LogP contribution in [-0.4, -0.2) is 0 Å². The first-order chi connectivity index (χ1) is 3.58. The van der Waals surface area contributed by atoms with Crippen molar-refractivity contribution in [3.05, 3.63) is 6.42 Å². The first kappa shape index (κ1) is 6.12. The van der Waals surface area contributed by atoms with Crippen LogP contribution in [0, 0.1) is 17.8 Å². The first-order valence-corrected chi connectivity index (χ1v) is 3.41. The summed E-state index contributed by atoms with van der Waals surface area (Å²) >= 11 is 0. The standard InChI is InChI=1S/C8H15/c1-8(2,3)6-7-4-5-7/h4,7H,5-6H2,1-3H3. The van der Waals surface area contributed by atoms with Crippen molar-refractivity contribution in [2.75, 3.05) is 0 Å². The minimum absolute atomic E-state index is 0.553. The molecule has 1 saturated carbocycles. The molecule has 1 radical (unpaired) electrons. The Morgan fingerprint density at radius 2 is 2.00 bits per heavy atom. The van der Waals surface area contributed by atoms with Crippen molar-refractivity contribution in [2.45, 2.75) is 33.6 Å². The van der Waals surface area contributed by atoms with Crippen molar-refractivity contribution in [3.8, 4) is 0 Å². The van der Waals surface area contributed by atoms with Crippen molar-refractivity contribution in [2.24, 2.45) is 11.3 Å². The van der Waals surface area contributed by atoms with Crippen LogP contribution in [0.15, 0.2) is 0 Å². The van der Waals surface area contributed by atoms with Gasteiger partial charge in [0.05, 0.1) is 0 Å². The molecule has 0 spiro atoms. The molecule has 0 aliphatic heterocycles. The molecule has 0 aromatic heterocycles. The molecule has 1 rings (SSSR count). The summed E-state index contributed by atoms with van der Waals surface area (Å²) < 4.78 is 0. The number of hydrogen-bond donors (Lipinski definition) is 0. The fourth-order valence-corrected chi connectivity index (χ4v) is 1.05. The lowest BCUT2D eigenvalue weighted by molar-refractivity contribution is 0.359.